The van der Waals surface area contributed by atoms with Crippen LogP contribution >= 0.6 is 11.8 Å². The van der Waals surface area contributed by atoms with E-state index in [9.17, 15) is 13.6 Å². The molecular weight excluding hydrogens is 659 g/mol. The average Bonchev–Trinajstić information content (AvgIpc) is 3.90. The second-order valence-electron chi connectivity index (χ2n) is 13.0. The average molecular weight is 701 g/mol. The number of halogens is 2. The molecule has 5 aromatic rings. The lowest BCUT2D eigenvalue weighted by Crippen LogP contribution is -2.46. The predicted molar refractivity (Wildman–Crippen MR) is 192 cm³/mol. The minimum Gasteiger partial charge on any atom is -0.368 e. The Morgan fingerprint density at radius 3 is 2.16 bits per heavy atom. The summed E-state index contributed by atoms with van der Waals surface area (Å²) in [6.07, 6.45) is 6.96. The Labute approximate surface area is 294 Å². The van der Waals surface area contributed by atoms with Gasteiger partial charge in [0.1, 0.15) is 36.2 Å². The molecule has 2 atom stereocenters. The molecule has 7 rings (SSSR count). The molecule has 2 unspecified atom stereocenters. The Morgan fingerprint density at radius 1 is 0.880 bits per heavy atom. The molecule has 0 aliphatic carbocycles. The molecule has 0 saturated carbocycles. The van der Waals surface area contributed by atoms with E-state index >= 15 is 0 Å². The molecule has 50 heavy (non-hydrogen) atoms. The predicted octanol–water partition coefficient (Wildman–Crippen LogP) is 6.21. The molecule has 13 heteroatoms. The number of thioether (sulfide) groups is 1. The first-order valence-corrected chi connectivity index (χ1v) is 18.3. The number of nitrogens with zero attached hydrogens (tertiary/aromatic N) is 8. The summed E-state index contributed by atoms with van der Waals surface area (Å²) in [5.41, 5.74) is 3.67. The third kappa shape index (κ3) is 7.06. The largest absolute Gasteiger partial charge is 0.368 e. The van der Waals surface area contributed by atoms with Gasteiger partial charge in [0.15, 0.2) is 0 Å². The minimum atomic E-state index is -0.951. The molecule has 2 fully saturated rings. The normalized spacial score (nSPS) is 19.5. The van der Waals surface area contributed by atoms with Crippen molar-refractivity contribution in [3.05, 3.63) is 119 Å². The lowest BCUT2D eigenvalue weighted by molar-refractivity contribution is -0.0197. The highest BCUT2D eigenvalue weighted by Crippen LogP contribution is 2.43. The van der Waals surface area contributed by atoms with Gasteiger partial charge in [0.2, 0.25) is 0 Å². The summed E-state index contributed by atoms with van der Waals surface area (Å²) in [5.74, 6) is -0.424. The van der Waals surface area contributed by atoms with Crippen molar-refractivity contribution >= 4 is 23.1 Å². The van der Waals surface area contributed by atoms with E-state index < -0.39 is 17.2 Å². The SMILES string of the molecule is CCC(CC)n1ncn(-c2ccc(N3CCN(c4ccc(CSC5COC(Cn6cncn6)(c6ccc(F)cc6F)C5)cc4)CC3)cc2)c1=O. The van der Waals surface area contributed by atoms with Crippen molar-refractivity contribution in [1.82, 2.24) is 29.1 Å². The van der Waals surface area contributed by atoms with Gasteiger partial charge in [-0.15, -0.1) is 0 Å². The van der Waals surface area contributed by atoms with Crippen LogP contribution in [0.2, 0.25) is 0 Å². The van der Waals surface area contributed by atoms with Gasteiger partial charge in [0.05, 0.1) is 24.9 Å². The van der Waals surface area contributed by atoms with E-state index in [1.165, 1.54) is 29.7 Å². The molecule has 2 saturated heterocycles. The van der Waals surface area contributed by atoms with Crippen molar-refractivity contribution in [3.63, 3.8) is 0 Å². The highest BCUT2D eigenvalue weighted by atomic mass is 32.2. The zero-order valence-corrected chi connectivity index (χ0v) is 29.2. The van der Waals surface area contributed by atoms with Crippen LogP contribution in [0.3, 0.4) is 0 Å². The van der Waals surface area contributed by atoms with Gasteiger partial charge in [-0.05, 0) is 67.3 Å². The lowest BCUT2D eigenvalue weighted by Gasteiger charge is -2.37. The molecule has 2 aliphatic heterocycles. The Balaban J connectivity index is 0.924. The maximum Gasteiger partial charge on any atom is 0.350 e. The summed E-state index contributed by atoms with van der Waals surface area (Å²) in [6, 6.07) is 20.7. The van der Waals surface area contributed by atoms with Gasteiger partial charge in [-0.25, -0.2) is 32.5 Å². The molecule has 4 heterocycles. The number of anilines is 2. The van der Waals surface area contributed by atoms with Gasteiger partial charge in [-0.2, -0.15) is 22.0 Å². The molecular formula is C37H42F2N8O2S. The maximum atomic E-state index is 15.0. The summed E-state index contributed by atoms with van der Waals surface area (Å²) in [7, 11) is 0. The van der Waals surface area contributed by atoms with Crippen molar-refractivity contribution in [2.24, 2.45) is 0 Å². The van der Waals surface area contributed by atoms with Gasteiger partial charge in [-0.3, -0.25) is 0 Å². The van der Waals surface area contributed by atoms with E-state index in [1.807, 2.05) is 12.1 Å². The van der Waals surface area contributed by atoms with Gasteiger partial charge >= 0.3 is 5.69 Å². The number of benzene rings is 3. The van der Waals surface area contributed by atoms with Crippen LogP contribution in [0.15, 0.2) is 90.5 Å². The van der Waals surface area contributed by atoms with Crippen LogP contribution < -0.4 is 15.5 Å². The van der Waals surface area contributed by atoms with Crippen molar-refractivity contribution in [3.8, 4) is 5.69 Å². The van der Waals surface area contributed by atoms with Crippen LogP contribution in [-0.4, -0.2) is 67.1 Å². The Bertz CT molecular complexity index is 1920. The first-order valence-electron chi connectivity index (χ1n) is 17.2. The number of aromatic nitrogens is 6. The Kier molecular flexibility index (Phi) is 10.0. The Morgan fingerprint density at radius 2 is 1.54 bits per heavy atom. The van der Waals surface area contributed by atoms with Crippen molar-refractivity contribution in [1.29, 1.82) is 0 Å². The lowest BCUT2D eigenvalue weighted by atomic mass is 9.90. The monoisotopic (exact) mass is 700 g/mol. The molecule has 2 aromatic heterocycles. The van der Waals surface area contributed by atoms with Crippen LogP contribution in [0.4, 0.5) is 20.2 Å². The molecule has 262 valence electrons. The van der Waals surface area contributed by atoms with Crippen LogP contribution in [0.1, 0.15) is 50.3 Å². The summed E-state index contributed by atoms with van der Waals surface area (Å²) >= 11 is 1.79. The first-order chi connectivity index (χ1) is 24.4. The fraction of sp³-hybridized carbons (Fsp3) is 0.405. The molecule has 0 amide bonds. The molecule has 3 aromatic carbocycles. The molecule has 10 nitrogen and oxygen atoms in total. The molecule has 2 aliphatic rings. The molecule has 0 bridgehead atoms. The highest BCUT2D eigenvalue weighted by Gasteiger charge is 2.44. The second kappa shape index (κ2) is 14.8. The quantitative estimate of drug-likeness (QED) is 0.152. The fourth-order valence-corrected chi connectivity index (χ4v) is 8.28. The third-order valence-corrected chi connectivity index (χ3v) is 11.2. The van der Waals surface area contributed by atoms with Crippen LogP contribution in [0, 0.1) is 11.6 Å². The number of hydrogen-bond donors (Lipinski definition) is 0. The van der Waals surface area contributed by atoms with Gasteiger partial charge < -0.3 is 14.5 Å². The van der Waals surface area contributed by atoms with Crippen molar-refractivity contribution in [2.45, 2.75) is 62.3 Å². The number of rotatable bonds is 12. The van der Waals surface area contributed by atoms with Crippen molar-refractivity contribution in [2.75, 3.05) is 42.6 Å². The summed E-state index contributed by atoms with van der Waals surface area (Å²) < 4.78 is 39.9. The number of piperazine rings is 1. The highest BCUT2D eigenvalue weighted by molar-refractivity contribution is 7.99. The van der Waals surface area contributed by atoms with Gasteiger partial charge in [0, 0.05) is 60.2 Å². The topological polar surface area (TPSA) is 86.2 Å². The van der Waals surface area contributed by atoms with E-state index in [4.69, 9.17) is 4.74 Å². The summed E-state index contributed by atoms with van der Waals surface area (Å²) in [5, 5.41) is 8.72. The third-order valence-electron chi connectivity index (χ3n) is 9.95. The smallest absolute Gasteiger partial charge is 0.350 e. The van der Waals surface area contributed by atoms with E-state index in [1.54, 1.807) is 38.3 Å². The van der Waals surface area contributed by atoms with E-state index in [0.29, 0.717) is 25.1 Å². The Hall–Kier alpha value is -4.49. The molecule has 0 spiro atoms. The zero-order chi connectivity index (χ0) is 34.7. The first kappa shape index (κ1) is 34.0. The van der Waals surface area contributed by atoms with E-state index in [0.717, 1.165) is 62.2 Å². The van der Waals surface area contributed by atoms with E-state index in [2.05, 4.69) is 75.2 Å². The van der Waals surface area contributed by atoms with E-state index in [-0.39, 0.29) is 17.0 Å². The van der Waals surface area contributed by atoms with Gasteiger partial charge in [-0.1, -0.05) is 32.0 Å². The van der Waals surface area contributed by atoms with Crippen LogP contribution in [-0.2, 0) is 22.6 Å². The maximum absolute atomic E-state index is 15.0. The standard InChI is InChI=1S/C37H42F2N8O2S/c1-3-29(4-2)47-36(48)46(26-42-47)32-12-10-31(11-13-32)44-17-15-43(16-18-44)30-8-5-27(6-9-30)22-50-33-20-37(49-21-33,23-45-25-40-24-41-45)34-14-7-28(38)19-35(34)39/h5-14,19,24-26,29,33H,3-4,15-18,20-23H2,1-2H3. The zero-order valence-electron chi connectivity index (χ0n) is 28.4. The summed E-state index contributed by atoms with van der Waals surface area (Å²) in [6.45, 7) is 8.53. The number of ether oxygens (including phenoxy) is 1. The van der Waals surface area contributed by atoms with Crippen molar-refractivity contribution < 1.29 is 13.5 Å². The molecule has 0 radical (unpaired) electrons. The minimum absolute atomic E-state index is 0.0998. The number of hydrogen-bond acceptors (Lipinski definition) is 8. The summed E-state index contributed by atoms with van der Waals surface area (Å²) in [4.78, 5) is 21.8. The fourth-order valence-electron chi connectivity index (χ4n) is 7.11. The van der Waals surface area contributed by atoms with Crippen LogP contribution in [0.25, 0.3) is 5.69 Å². The molecule has 0 N–H and O–H groups in total. The second-order valence-corrected chi connectivity index (χ2v) is 14.3. The van der Waals surface area contributed by atoms with Gasteiger partial charge in [0.25, 0.3) is 0 Å². The van der Waals surface area contributed by atoms with Crippen LogP contribution in [0.5, 0.6) is 0 Å².